The minimum atomic E-state index is -0.473. The van der Waals surface area contributed by atoms with E-state index in [0.29, 0.717) is 24.6 Å². The fraction of sp³-hybridized carbons (Fsp3) is 0.750. The topological polar surface area (TPSA) is 59.3 Å². The molecule has 0 radical (unpaired) electrons. The van der Waals surface area contributed by atoms with Crippen LogP contribution in [0.15, 0.2) is 0 Å². The number of aromatic nitrogens is 2. The summed E-state index contributed by atoms with van der Waals surface area (Å²) in [5.74, 6) is 0. The van der Waals surface area contributed by atoms with Crippen molar-refractivity contribution in [3.05, 3.63) is 16.4 Å². The number of nitrogens with zero attached hydrogens (tertiary/aromatic N) is 2. The largest absolute Gasteiger partial charge is 0.391 e. The summed E-state index contributed by atoms with van der Waals surface area (Å²) >= 11 is 6.22. The summed E-state index contributed by atoms with van der Waals surface area (Å²) in [7, 11) is 3.51. The van der Waals surface area contributed by atoms with Crippen LogP contribution in [0.4, 0.5) is 0 Å². The van der Waals surface area contributed by atoms with E-state index in [4.69, 9.17) is 16.3 Å². The van der Waals surface area contributed by atoms with Crippen molar-refractivity contribution in [2.24, 2.45) is 7.05 Å². The number of aryl methyl sites for hydroxylation is 2. The molecule has 0 saturated carbocycles. The summed E-state index contributed by atoms with van der Waals surface area (Å²) in [4.78, 5) is 0. The van der Waals surface area contributed by atoms with Gasteiger partial charge in [0.25, 0.3) is 0 Å². The zero-order valence-electron chi connectivity index (χ0n) is 11.2. The smallest absolute Gasteiger partial charge is 0.0850 e. The quantitative estimate of drug-likeness (QED) is 0.688. The molecule has 0 saturated heterocycles. The molecule has 0 amide bonds. The number of methoxy groups -OCH3 is 1. The van der Waals surface area contributed by atoms with Gasteiger partial charge in [0, 0.05) is 33.7 Å². The van der Waals surface area contributed by atoms with Crippen LogP contribution in [0, 0.1) is 0 Å². The second-order valence-corrected chi connectivity index (χ2v) is 4.62. The summed E-state index contributed by atoms with van der Waals surface area (Å²) in [5, 5.41) is 18.0. The van der Waals surface area contributed by atoms with E-state index in [-0.39, 0.29) is 0 Å². The first-order valence-corrected chi connectivity index (χ1v) is 6.55. The Balaban J connectivity index is 2.48. The third-order valence-corrected chi connectivity index (χ3v) is 3.23. The van der Waals surface area contributed by atoms with Crippen LogP contribution in [0.1, 0.15) is 18.3 Å². The van der Waals surface area contributed by atoms with E-state index < -0.39 is 6.10 Å². The molecule has 0 aromatic carbocycles. The molecule has 1 rings (SSSR count). The molecule has 1 unspecified atom stereocenters. The molecule has 0 spiro atoms. The minimum Gasteiger partial charge on any atom is -0.391 e. The van der Waals surface area contributed by atoms with Crippen molar-refractivity contribution in [2.45, 2.75) is 25.9 Å². The molecule has 0 aliphatic heterocycles. The Morgan fingerprint density at radius 3 is 2.83 bits per heavy atom. The number of hydrogen-bond acceptors (Lipinski definition) is 4. The average molecular weight is 276 g/mol. The lowest BCUT2D eigenvalue weighted by Gasteiger charge is -2.12. The van der Waals surface area contributed by atoms with Crippen molar-refractivity contribution >= 4 is 11.6 Å². The fourth-order valence-corrected chi connectivity index (χ4v) is 2.15. The van der Waals surface area contributed by atoms with Crippen LogP contribution in [0.25, 0.3) is 0 Å². The monoisotopic (exact) mass is 275 g/mol. The van der Waals surface area contributed by atoms with Crippen LogP contribution in [0.2, 0.25) is 5.02 Å². The molecule has 6 heteroatoms. The van der Waals surface area contributed by atoms with Gasteiger partial charge in [0.05, 0.1) is 29.1 Å². The van der Waals surface area contributed by atoms with Gasteiger partial charge < -0.3 is 15.2 Å². The lowest BCUT2D eigenvalue weighted by Crippen LogP contribution is -2.31. The van der Waals surface area contributed by atoms with Gasteiger partial charge in [-0.3, -0.25) is 4.68 Å². The second-order valence-electron chi connectivity index (χ2n) is 4.24. The van der Waals surface area contributed by atoms with Gasteiger partial charge in [-0.05, 0) is 6.42 Å². The van der Waals surface area contributed by atoms with Gasteiger partial charge in [-0.2, -0.15) is 5.10 Å². The van der Waals surface area contributed by atoms with Crippen LogP contribution in [0.3, 0.4) is 0 Å². The Bertz CT molecular complexity index is 368. The number of halogens is 1. The Morgan fingerprint density at radius 2 is 2.28 bits per heavy atom. The standard InChI is InChI=1S/C12H22ClN3O2/c1-4-10-12(13)11(16(2)15-10)7-9(17)8-14-5-6-18-3/h9,14,17H,4-8H2,1-3H3. The molecule has 0 bridgehead atoms. The molecule has 0 aliphatic carbocycles. The molecule has 5 nitrogen and oxygen atoms in total. The van der Waals surface area contributed by atoms with Crippen LogP contribution < -0.4 is 5.32 Å². The third kappa shape index (κ3) is 4.24. The molecule has 104 valence electrons. The maximum Gasteiger partial charge on any atom is 0.0850 e. The lowest BCUT2D eigenvalue weighted by atomic mass is 10.1. The summed E-state index contributed by atoms with van der Waals surface area (Å²) in [6.45, 7) is 3.90. The predicted molar refractivity (Wildman–Crippen MR) is 72.1 cm³/mol. The van der Waals surface area contributed by atoms with Gasteiger partial charge in [-0.15, -0.1) is 0 Å². The molecule has 0 fully saturated rings. The van der Waals surface area contributed by atoms with Crippen molar-refractivity contribution < 1.29 is 9.84 Å². The van der Waals surface area contributed by atoms with Crippen LogP contribution >= 0.6 is 11.6 Å². The van der Waals surface area contributed by atoms with E-state index in [2.05, 4.69) is 10.4 Å². The summed E-state index contributed by atoms with van der Waals surface area (Å²) in [6, 6.07) is 0. The van der Waals surface area contributed by atoms with Crippen molar-refractivity contribution in [1.82, 2.24) is 15.1 Å². The summed E-state index contributed by atoms with van der Waals surface area (Å²) < 4.78 is 6.67. The van der Waals surface area contributed by atoms with Gasteiger partial charge in [0.2, 0.25) is 0 Å². The van der Waals surface area contributed by atoms with Crippen LogP contribution in [-0.4, -0.2) is 47.8 Å². The van der Waals surface area contributed by atoms with E-state index in [1.807, 2.05) is 14.0 Å². The number of rotatable bonds is 8. The van der Waals surface area contributed by atoms with Gasteiger partial charge in [0.1, 0.15) is 0 Å². The normalized spacial score (nSPS) is 12.9. The fourth-order valence-electron chi connectivity index (χ4n) is 1.78. The SMILES string of the molecule is CCc1nn(C)c(CC(O)CNCCOC)c1Cl. The van der Waals surface area contributed by atoms with Crippen LogP contribution in [-0.2, 0) is 24.6 Å². The first kappa shape index (κ1) is 15.4. The van der Waals surface area contributed by atoms with Crippen molar-refractivity contribution in [1.29, 1.82) is 0 Å². The van der Waals surface area contributed by atoms with E-state index in [1.165, 1.54) is 0 Å². The zero-order chi connectivity index (χ0) is 13.5. The van der Waals surface area contributed by atoms with E-state index in [0.717, 1.165) is 24.4 Å². The number of nitrogens with one attached hydrogen (secondary N) is 1. The molecule has 2 N–H and O–H groups in total. The molecule has 18 heavy (non-hydrogen) atoms. The summed E-state index contributed by atoms with van der Waals surface area (Å²) in [5.41, 5.74) is 1.77. The highest BCUT2D eigenvalue weighted by atomic mass is 35.5. The van der Waals surface area contributed by atoms with E-state index in [9.17, 15) is 5.11 Å². The first-order chi connectivity index (χ1) is 8.60. The molecule has 1 aromatic heterocycles. The molecule has 1 atom stereocenters. The predicted octanol–water partition coefficient (Wildman–Crippen LogP) is 0.775. The molecule has 1 heterocycles. The Hall–Kier alpha value is -0.620. The Morgan fingerprint density at radius 1 is 1.56 bits per heavy atom. The van der Waals surface area contributed by atoms with E-state index in [1.54, 1.807) is 11.8 Å². The summed E-state index contributed by atoms with van der Waals surface area (Å²) in [6.07, 6.45) is 0.830. The highest BCUT2D eigenvalue weighted by molar-refractivity contribution is 6.31. The minimum absolute atomic E-state index is 0.473. The highest BCUT2D eigenvalue weighted by Crippen LogP contribution is 2.21. The van der Waals surface area contributed by atoms with Gasteiger partial charge >= 0.3 is 0 Å². The van der Waals surface area contributed by atoms with Gasteiger partial charge in [-0.1, -0.05) is 18.5 Å². The van der Waals surface area contributed by atoms with E-state index >= 15 is 0 Å². The molecular formula is C12H22ClN3O2. The number of aliphatic hydroxyl groups excluding tert-OH is 1. The number of hydrogen-bond donors (Lipinski definition) is 2. The van der Waals surface area contributed by atoms with Crippen LogP contribution in [0.5, 0.6) is 0 Å². The molecular weight excluding hydrogens is 254 g/mol. The van der Waals surface area contributed by atoms with Crippen molar-refractivity contribution in [3.63, 3.8) is 0 Å². The van der Waals surface area contributed by atoms with Crippen molar-refractivity contribution in [3.8, 4) is 0 Å². The Kier molecular flexibility index (Phi) is 6.63. The first-order valence-electron chi connectivity index (χ1n) is 6.18. The number of ether oxygens (including phenoxy) is 1. The maximum absolute atomic E-state index is 9.93. The zero-order valence-corrected chi connectivity index (χ0v) is 12.0. The third-order valence-electron chi connectivity index (χ3n) is 2.79. The van der Waals surface area contributed by atoms with Crippen molar-refractivity contribution in [2.75, 3.05) is 26.8 Å². The van der Waals surface area contributed by atoms with Gasteiger partial charge in [0.15, 0.2) is 0 Å². The maximum atomic E-state index is 9.93. The van der Waals surface area contributed by atoms with Gasteiger partial charge in [-0.25, -0.2) is 0 Å². The Labute approximate surface area is 113 Å². The lowest BCUT2D eigenvalue weighted by molar-refractivity contribution is 0.158. The second kappa shape index (κ2) is 7.74. The highest BCUT2D eigenvalue weighted by Gasteiger charge is 2.16. The molecule has 0 aliphatic rings. The molecule has 1 aromatic rings. The number of aliphatic hydroxyl groups is 1. The average Bonchev–Trinajstić information content (AvgIpc) is 2.62.